The van der Waals surface area contributed by atoms with Crippen molar-refractivity contribution in [2.45, 2.75) is 38.0 Å². The van der Waals surface area contributed by atoms with Crippen LogP contribution in [0, 0.1) is 10.1 Å². The molecule has 11 heteroatoms. The van der Waals surface area contributed by atoms with Crippen LogP contribution < -0.4 is 10.3 Å². The SMILES string of the molecule is COC(=O)COc1ccc([N+](=O)[O-])cc1C=Nn1c(C2CCCCC2)nc2ccc(Br)cc2c1=O. The Kier molecular flexibility index (Phi) is 7.54. The first-order valence-corrected chi connectivity index (χ1v) is 11.9. The van der Waals surface area contributed by atoms with Crippen molar-refractivity contribution in [3.63, 3.8) is 0 Å². The molecule has 0 amide bonds. The smallest absolute Gasteiger partial charge is 0.343 e. The predicted molar refractivity (Wildman–Crippen MR) is 133 cm³/mol. The molecule has 1 aliphatic rings. The maximum Gasteiger partial charge on any atom is 0.343 e. The number of aromatic nitrogens is 2. The van der Waals surface area contributed by atoms with Crippen LogP contribution in [0.2, 0.25) is 0 Å². The maximum absolute atomic E-state index is 13.5. The van der Waals surface area contributed by atoms with Gasteiger partial charge in [0.1, 0.15) is 11.6 Å². The van der Waals surface area contributed by atoms with Crippen molar-refractivity contribution in [1.82, 2.24) is 9.66 Å². The molecule has 4 rings (SSSR count). The fourth-order valence-corrected chi connectivity index (χ4v) is 4.46. The highest BCUT2D eigenvalue weighted by atomic mass is 79.9. The second-order valence-corrected chi connectivity index (χ2v) is 9.09. The molecule has 0 spiro atoms. The number of carbonyl (C=O) groups is 1. The second-order valence-electron chi connectivity index (χ2n) is 8.17. The van der Waals surface area contributed by atoms with E-state index in [0.29, 0.717) is 16.7 Å². The quantitative estimate of drug-likeness (QED) is 0.185. The minimum Gasteiger partial charge on any atom is -0.481 e. The summed E-state index contributed by atoms with van der Waals surface area (Å²) < 4.78 is 12.1. The van der Waals surface area contributed by atoms with E-state index in [4.69, 9.17) is 9.72 Å². The molecule has 10 nitrogen and oxygen atoms in total. The van der Waals surface area contributed by atoms with Gasteiger partial charge in [-0.15, -0.1) is 0 Å². The number of hydrogen-bond acceptors (Lipinski definition) is 8. The topological polar surface area (TPSA) is 126 Å². The van der Waals surface area contributed by atoms with Gasteiger partial charge in [0.15, 0.2) is 6.61 Å². The molecule has 0 radical (unpaired) electrons. The van der Waals surface area contributed by atoms with Gasteiger partial charge in [-0.1, -0.05) is 35.2 Å². The third kappa shape index (κ3) is 5.56. The molecular weight excluding hydrogens is 520 g/mol. The minimum absolute atomic E-state index is 0.0711. The number of ether oxygens (including phenoxy) is 2. The molecule has 1 saturated carbocycles. The van der Waals surface area contributed by atoms with Crippen LogP contribution in [0.1, 0.15) is 49.4 Å². The Bertz CT molecular complexity index is 1360. The van der Waals surface area contributed by atoms with Crippen LogP contribution in [0.3, 0.4) is 0 Å². The Labute approximate surface area is 208 Å². The number of nitrogens with zero attached hydrogens (tertiary/aromatic N) is 4. The Morgan fingerprint density at radius 2 is 2.03 bits per heavy atom. The van der Waals surface area contributed by atoms with Gasteiger partial charge in [0.25, 0.3) is 11.2 Å². The monoisotopic (exact) mass is 542 g/mol. The molecule has 35 heavy (non-hydrogen) atoms. The van der Waals surface area contributed by atoms with Gasteiger partial charge in [-0.25, -0.2) is 9.78 Å². The predicted octanol–water partition coefficient (Wildman–Crippen LogP) is 4.55. The molecule has 1 aliphatic carbocycles. The van der Waals surface area contributed by atoms with E-state index in [1.807, 2.05) is 6.07 Å². The summed E-state index contributed by atoms with van der Waals surface area (Å²) in [6.45, 7) is -0.381. The molecule has 0 saturated heterocycles. The number of benzene rings is 2. The zero-order valence-corrected chi connectivity index (χ0v) is 20.6. The lowest BCUT2D eigenvalue weighted by Gasteiger charge is -2.22. The average Bonchev–Trinajstić information content (AvgIpc) is 2.87. The molecule has 0 atom stereocenters. The number of hydrogen-bond donors (Lipinski definition) is 0. The fourth-order valence-electron chi connectivity index (χ4n) is 4.10. The lowest BCUT2D eigenvalue weighted by Crippen LogP contribution is -2.25. The van der Waals surface area contributed by atoms with Crippen LogP contribution in [-0.4, -0.2) is 40.5 Å². The van der Waals surface area contributed by atoms with Gasteiger partial charge in [0, 0.05) is 28.1 Å². The molecule has 1 fully saturated rings. The number of nitro groups is 1. The largest absolute Gasteiger partial charge is 0.481 e. The normalized spacial score (nSPS) is 14.3. The number of carbonyl (C=O) groups excluding carboxylic acids is 1. The lowest BCUT2D eigenvalue weighted by atomic mass is 9.88. The highest BCUT2D eigenvalue weighted by Crippen LogP contribution is 2.32. The van der Waals surface area contributed by atoms with E-state index in [1.54, 1.807) is 12.1 Å². The third-order valence-electron chi connectivity index (χ3n) is 5.89. The van der Waals surface area contributed by atoms with Crippen LogP contribution >= 0.6 is 15.9 Å². The highest BCUT2D eigenvalue weighted by Gasteiger charge is 2.23. The zero-order chi connectivity index (χ0) is 24.9. The summed E-state index contributed by atoms with van der Waals surface area (Å²) in [6.07, 6.45) is 6.33. The Hall–Kier alpha value is -3.60. The summed E-state index contributed by atoms with van der Waals surface area (Å²) >= 11 is 3.40. The second kappa shape index (κ2) is 10.8. The standard InChI is InChI=1S/C24H23BrN4O6/c1-34-22(30)14-35-21-10-8-18(29(32)33)11-16(21)13-26-28-23(15-5-3-2-4-6-15)27-20-9-7-17(25)12-19(20)24(28)31/h7-13,15H,2-6,14H2,1H3. The van der Waals surface area contributed by atoms with Crippen molar-refractivity contribution in [2.24, 2.45) is 5.10 Å². The minimum atomic E-state index is -0.605. The van der Waals surface area contributed by atoms with Crippen molar-refractivity contribution in [1.29, 1.82) is 0 Å². The van der Waals surface area contributed by atoms with Crippen molar-refractivity contribution < 1.29 is 19.2 Å². The number of esters is 1. The first-order valence-electron chi connectivity index (χ1n) is 11.1. The number of non-ortho nitro benzene ring substituents is 1. The molecule has 0 bridgehead atoms. The number of methoxy groups -OCH3 is 1. The van der Waals surface area contributed by atoms with E-state index in [1.165, 1.54) is 36.2 Å². The maximum atomic E-state index is 13.5. The van der Waals surface area contributed by atoms with Crippen LogP contribution in [0.15, 0.2) is 50.8 Å². The number of halogens is 1. The molecule has 3 aromatic rings. The van der Waals surface area contributed by atoms with E-state index in [0.717, 1.165) is 36.6 Å². The van der Waals surface area contributed by atoms with Crippen LogP contribution in [0.5, 0.6) is 5.75 Å². The van der Waals surface area contributed by atoms with E-state index >= 15 is 0 Å². The van der Waals surface area contributed by atoms with E-state index < -0.39 is 10.9 Å². The van der Waals surface area contributed by atoms with E-state index in [2.05, 4.69) is 25.8 Å². The average molecular weight is 543 g/mol. The summed E-state index contributed by atoms with van der Waals surface area (Å²) in [6, 6.07) is 9.23. The summed E-state index contributed by atoms with van der Waals surface area (Å²) in [7, 11) is 1.23. The number of fused-ring (bicyclic) bond motifs is 1. The van der Waals surface area contributed by atoms with E-state index in [9.17, 15) is 19.7 Å². The van der Waals surface area contributed by atoms with E-state index in [-0.39, 0.29) is 35.1 Å². The Morgan fingerprint density at radius 1 is 1.26 bits per heavy atom. The van der Waals surface area contributed by atoms with Gasteiger partial charge >= 0.3 is 5.97 Å². The van der Waals surface area contributed by atoms with Gasteiger partial charge in [0.05, 0.1) is 29.2 Å². The summed E-state index contributed by atoms with van der Waals surface area (Å²) in [5, 5.41) is 16.1. The Morgan fingerprint density at radius 3 is 2.74 bits per heavy atom. The summed E-state index contributed by atoms with van der Waals surface area (Å²) in [4.78, 5) is 40.5. The molecular formula is C24H23BrN4O6. The lowest BCUT2D eigenvalue weighted by molar-refractivity contribution is -0.384. The first kappa shape index (κ1) is 24.5. The van der Waals surface area contributed by atoms with Crippen LogP contribution in [0.4, 0.5) is 5.69 Å². The molecule has 0 unspecified atom stereocenters. The number of nitro benzene ring substituents is 1. The van der Waals surface area contributed by atoms with Gasteiger partial charge in [0.2, 0.25) is 0 Å². The van der Waals surface area contributed by atoms with Crippen LogP contribution in [-0.2, 0) is 9.53 Å². The molecule has 182 valence electrons. The fraction of sp³-hybridized carbons (Fsp3) is 0.333. The van der Waals surface area contributed by atoms with Gasteiger partial charge < -0.3 is 9.47 Å². The van der Waals surface area contributed by atoms with Crippen molar-refractivity contribution in [3.05, 3.63) is 72.7 Å². The van der Waals surface area contributed by atoms with Crippen LogP contribution in [0.25, 0.3) is 10.9 Å². The van der Waals surface area contributed by atoms with Gasteiger partial charge in [-0.3, -0.25) is 14.9 Å². The molecule has 0 aliphatic heterocycles. The molecule has 1 aromatic heterocycles. The molecule has 0 N–H and O–H groups in total. The molecule has 2 aromatic carbocycles. The van der Waals surface area contributed by atoms with Gasteiger partial charge in [-0.05, 0) is 37.1 Å². The summed E-state index contributed by atoms with van der Waals surface area (Å²) in [5.74, 6) is 0.213. The van der Waals surface area contributed by atoms with Gasteiger partial charge in [-0.2, -0.15) is 9.78 Å². The third-order valence-corrected chi connectivity index (χ3v) is 6.39. The van der Waals surface area contributed by atoms with Crippen molar-refractivity contribution in [2.75, 3.05) is 13.7 Å². The summed E-state index contributed by atoms with van der Waals surface area (Å²) in [5.41, 5.74) is 0.300. The highest BCUT2D eigenvalue weighted by molar-refractivity contribution is 9.10. The van der Waals surface area contributed by atoms with Crippen molar-refractivity contribution >= 4 is 44.7 Å². The number of rotatable bonds is 7. The zero-order valence-electron chi connectivity index (χ0n) is 19.0. The molecule has 1 heterocycles. The Balaban J connectivity index is 1.82. The van der Waals surface area contributed by atoms with Crippen molar-refractivity contribution in [3.8, 4) is 5.75 Å². The first-order chi connectivity index (χ1) is 16.9.